The number of halogens is 1. The molecule has 90 valence electrons. The molecule has 0 aliphatic heterocycles. The predicted octanol–water partition coefficient (Wildman–Crippen LogP) is 4.75. The normalized spacial score (nSPS) is 9.47. The van der Waals surface area contributed by atoms with Gasteiger partial charge in [0, 0.05) is 0 Å². The molecule has 0 spiro atoms. The standard InChI is InChI=1S/C8H9F.C8H10/c1-6-3-4-8(9)5-7(6)2;1-7-4-3-5-8(2)6-7/h3-5H,1-2H3;3-6H,1-2H3. The number of rotatable bonds is 0. The summed E-state index contributed by atoms with van der Waals surface area (Å²) in [4.78, 5) is 0. The van der Waals surface area contributed by atoms with E-state index in [1.807, 2.05) is 13.8 Å². The summed E-state index contributed by atoms with van der Waals surface area (Å²) >= 11 is 0. The quantitative estimate of drug-likeness (QED) is 0.613. The molecule has 2 aromatic rings. The second-order valence-corrected chi connectivity index (χ2v) is 4.39. The van der Waals surface area contributed by atoms with Crippen molar-refractivity contribution in [3.8, 4) is 0 Å². The van der Waals surface area contributed by atoms with Gasteiger partial charge in [0.2, 0.25) is 0 Å². The lowest BCUT2D eigenvalue weighted by Crippen LogP contribution is -1.80. The summed E-state index contributed by atoms with van der Waals surface area (Å²) in [5.41, 5.74) is 4.82. The molecule has 0 N–H and O–H groups in total. The Kier molecular flexibility index (Phi) is 4.89. The van der Waals surface area contributed by atoms with E-state index in [0.717, 1.165) is 11.1 Å². The molecule has 17 heavy (non-hydrogen) atoms. The van der Waals surface area contributed by atoms with Crippen molar-refractivity contribution < 1.29 is 4.39 Å². The minimum absolute atomic E-state index is 0.155. The summed E-state index contributed by atoms with van der Waals surface area (Å²) in [6, 6.07) is 13.2. The molecule has 0 atom stereocenters. The minimum Gasteiger partial charge on any atom is -0.207 e. The van der Waals surface area contributed by atoms with E-state index in [-0.39, 0.29) is 5.82 Å². The summed E-state index contributed by atoms with van der Waals surface area (Å²) in [7, 11) is 0. The summed E-state index contributed by atoms with van der Waals surface area (Å²) < 4.78 is 12.3. The highest BCUT2D eigenvalue weighted by molar-refractivity contribution is 5.24. The van der Waals surface area contributed by atoms with Gasteiger partial charge in [0.05, 0.1) is 0 Å². The molecule has 0 bridgehead atoms. The summed E-state index contributed by atoms with van der Waals surface area (Å²) in [5.74, 6) is -0.155. The maximum Gasteiger partial charge on any atom is 0.123 e. The first-order valence-corrected chi connectivity index (χ1v) is 5.75. The summed E-state index contributed by atoms with van der Waals surface area (Å²) in [6.07, 6.45) is 0. The lowest BCUT2D eigenvalue weighted by atomic mass is 10.1. The summed E-state index contributed by atoms with van der Waals surface area (Å²) in [5, 5.41) is 0. The second kappa shape index (κ2) is 6.19. The Labute approximate surface area is 103 Å². The van der Waals surface area contributed by atoms with E-state index < -0.39 is 0 Å². The fourth-order valence-corrected chi connectivity index (χ4v) is 1.51. The van der Waals surface area contributed by atoms with Gasteiger partial charge in [-0.25, -0.2) is 4.39 Å². The third kappa shape index (κ3) is 4.81. The van der Waals surface area contributed by atoms with Crippen molar-refractivity contribution in [1.82, 2.24) is 0 Å². The first kappa shape index (κ1) is 13.4. The van der Waals surface area contributed by atoms with Crippen LogP contribution in [0.2, 0.25) is 0 Å². The van der Waals surface area contributed by atoms with Gasteiger partial charge < -0.3 is 0 Å². The molecule has 0 radical (unpaired) electrons. The van der Waals surface area contributed by atoms with E-state index in [9.17, 15) is 4.39 Å². The Morgan fingerprint density at radius 3 is 1.65 bits per heavy atom. The molecule has 0 aromatic heterocycles. The zero-order valence-electron chi connectivity index (χ0n) is 10.9. The van der Waals surface area contributed by atoms with Gasteiger partial charge in [-0.1, -0.05) is 41.5 Å². The van der Waals surface area contributed by atoms with E-state index in [0.29, 0.717) is 0 Å². The average Bonchev–Trinajstić information content (AvgIpc) is 2.24. The topological polar surface area (TPSA) is 0 Å². The Morgan fingerprint density at radius 1 is 0.706 bits per heavy atom. The highest BCUT2D eigenvalue weighted by Gasteiger charge is 1.91. The van der Waals surface area contributed by atoms with Crippen LogP contribution in [0.15, 0.2) is 42.5 Å². The first-order chi connectivity index (χ1) is 7.99. The average molecular weight is 230 g/mol. The van der Waals surface area contributed by atoms with Gasteiger partial charge in [-0.15, -0.1) is 0 Å². The molecule has 0 heterocycles. The molecule has 0 nitrogen and oxygen atoms in total. The molecule has 0 saturated carbocycles. The lowest BCUT2D eigenvalue weighted by Gasteiger charge is -1.96. The van der Waals surface area contributed by atoms with Crippen molar-refractivity contribution in [3.63, 3.8) is 0 Å². The van der Waals surface area contributed by atoms with Crippen LogP contribution in [0, 0.1) is 33.5 Å². The highest BCUT2D eigenvalue weighted by Crippen LogP contribution is 2.07. The van der Waals surface area contributed by atoms with Gasteiger partial charge in [0.1, 0.15) is 5.82 Å². The van der Waals surface area contributed by atoms with Gasteiger partial charge in [-0.2, -0.15) is 0 Å². The largest absolute Gasteiger partial charge is 0.207 e. The Bertz CT molecular complexity index is 469. The predicted molar refractivity (Wildman–Crippen MR) is 71.8 cm³/mol. The van der Waals surface area contributed by atoms with Crippen LogP contribution in [-0.4, -0.2) is 0 Å². The van der Waals surface area contributed by atoms with Crippen molar-refractivity contribution in [2.24, 2.45) is 0 Å². The van der Waals surface area contributed by atoms with E-state index in [4.69, 9.17) is 0 Å². The highest BCUT2D eigenvalue weighted by atomic mass is 19.1. The molecule has 2 rings (SSSR count). The van der Waals surface area contributed by atoms with Gasteiger partial charge in [-0.05, 0) is 51.0 Å². The third-order valence-electron chi connectivity index (χ3n) is 2.64. The molecule has 0 fully saturated rings. The van der Waals surface area contributed by atoms with Crippen molar-refractivity contribution >= 4 is 0 Å². The molecular weight excluding hydrogens is 211 g/mol. The van der Waals surface area contributed by atoms with Crippen LogP contribution in [-0.2, 0) is 0 Å². The Balaban J connectivity index is 0.000000171. The van der Waals surface area contributed by atoms with Gasteiger partial charge in [0.25, 0.3) is 0 Å². The Morgan fingerprint density at radius 2 is 1.29 bits per heavy atom. The molecule has 0 amide bonds. The third-order valence-corrected chi connectivity index (χ3v) is 2.64. The van der Waals surface area contributed by atoms with Crippen LogP contribution in [0.3, 0.4) is 0 Å². The molecule has 0 unspecified atom stereocenters. The van der Waals surface area contributed by atoms with E-state index in [1.165, 1.54) is 23.3 Å². The van der Waals surface area contributed by atoms with Crippen LogP contribution in [0.4, 0.5) is 4.39 Å². The van der Waals surface area contributed by atoms with Gasteiger partial charge >= 0.3 is 0 Å². The first-order valence-electron chi connectivity index (χ1n) is 5.75. The number of hydrogen-bond donors (Lipinski definition) is 0. The van der Waals surface area contributed by atoms with Crippen LogP contribution >= 0.6 is 0 Å². The molecule has 0 saturated heterocycles. The molecule has 2 aromatic carbocycles. The van der Waals surface area contributed by atoms with Crippen molar-refractivity contribution in [2.75, 3.05) is 0 Å². The lowest BCUT2D eigenvalue weighted by molar-refractivity contribution is 0.626. The van der Waals surface area contributed by atoms with Crippen molar-refractivity contribution in [2.45, 2.75) is 27.7 Å². The van der Waals surface area contributed by atoms with Crippen LogP contribution < -0.4 is 0 Å². The zero-order valence-corrected chi connectivity index (χ0v) is 10.9. The minimum atomic E-state index is -0.155. The molecular formula is C16H19F. The fourth-order valence-electron chi connectivity index (χ4n) is 1.51. The molecule has 0 aliphatic carbocycles. The number of hydrogen-bond acceptors (Lipinski definition) is 0. The van der Waals surface area contributed by atoms with Crippen LogP contribution in [0.25, 0.3) is 0 Å². The number of benzene rings is 2. The smallest absolute Gasteiger partial charge is 0.123 e. The zero-order chi connectivity index (χ0) is 12.8. The second-order valence-electron chi connectivity index (χ2n) is 4.39. The van der Waals surface area contributed by atoms with Gasteiger partial charge in [-0.3, -0.25) is 0 Å². The molecule has 0 aliphatic rings. The van der Waals surface area contributed by atoms with Crippen LogP contribution in [0.5, 0.6) is 0 Å². The van der Waals surface area contributed by atoms with Crippen molar-refractivity contribution in [3.05, 3.63) is 70.5 Å². The van der Waals surface area contributed by atoms with Gasteiger partial charge in [0.15, 0.2) is 0 Å². The Hall–Kier alpha value is -1.63. The maximum atomic E-state index is 12.3. The number of aryl methyl sites for hydroxylation is 4. The summed E-state index contributed by atoms with van der Waals surface area (Å²) in [6.45, 7) is 8.08. The molecule has 1 heteroatoms. The van der Waals surface area contributed by atoms with Crippen LogP contribution in [0.1, 0.15) is 22.3 Å². The SMILES string of the molecule is Cc1ccc(F)cc1C.Cc1cccc(C)c1. The van der Waals surface area contributed by atoms with E-state index in [2.05, 4.69) is 38.1 Å². The maximum absolute atomic E-state index is 12.3. The van der Waals surface area contributed by atoms with E-state index in [1.54, 1.807) is 6.07 Å². The fraction of sp³-hybridized carbons (Fsp3) is 0.250. The monoisotopic (exact) mass is 230 g/mol. The van der Waals surface area contributed by atoms with Crippen molar-refractivity contribution in [1.29, 1.82) is 0 Å². The van der Waals surface area contributed by atoms with E-state index >= 15 is 0 Å².